The summed E-state index contributed by atoms with van der Waals surface area (Å²) in [4.78, 5) is 25.7. The van der Waals surface area contributed by atoms with Gasteiger partial charge in [-0.1, -0.05) is 61.3 Å². The smallest absolute Gasteiger partial charge is 0.274 e. The van der Waals surface area contributed by atoms with Crippen molar-refractivity contribution >= 4 is 23.2 Å². The minimum atomic E-state index is -0.298. The predicted molar refractivity (Wildman–Crippen MR) is 115 cm³/mol. The second-order valence-corrected chi connectivity index (χ2v) is 7.15. The lowest BCUT2D eigenvalue weighted by atomic mass is 10.1. The first-order valence-corrected chi connectivity index (χ1v) is 9.75. The van der Waals surface area contributed by atoms with Gasteiger partial charge >= 0.3 is 0 Å². The quantitative estimate of drug-likeness (QED) is 0.597. The molecule has 4 nitrogen and oxygen atoms in total. The van der Waals surface area contributed by atoms with Crippen LogP contribution in [0.4, 0.5) is 5.69 Å². The van der Waals surface area contributed by atoms with Crippen LogP contribution in [-0.4, -0.2) is 10.5 Å². The maximum absolute atomic E-state index is 12.9. The van der Waals surface area contributed by atoms with Crippen molar-refractivity contribution in [1.29, 1.82) is 0 Å². The van der Waals surface area contributed by atoms with Gasteiger partial charge < -0.3 is 9.88 Å². The van der Waals surface area contributed by atoms with Crippen molar-refractivity contribution in [2.45, 2.75) is 33.2 Å². The number of halogens is 1. The topological polar surface area (TPSA) is 51.1 Å². The first kappa shape index (κ1) is 19.9. The number of anilines is 1. The molecule has 5 heteroatoms. The molecule has 1 N–H and O–H groups in total. The van der Waals surface area contributed by atoms with Crippen molar-refractivity contribution in [2.24, 2.45) is 0 Å². The molecule has 0 spiro atoms. The minimum absolute atomic E-state index is 0.216. The fraction of sp³-hybridized carbons (Fsp3) is 0.217. The van der Waals surface area contributed by atoms with Gasteiger partial charge in [0.2, 0.25) is 0 Å². The normalized spacial score (nSPS) is 10.7. The lowest BCUT2D eigenvalue weighted by Gasteiger charge is -2.14. The maximum atomic E-state index is 12.9. The van der Waals surface area contributed by atoms with Gasteiger partial charge in [0, 0.05) is 34.5 Å². The number of hydrogen-bond donors (Lipinski definition) is 1. The van der Waals surface area contributed by atoms with Gasteiger partial charge in [-0.2, -0.15) is 0 Å². The fourth-order valence-corrected chi connectivity index (χ4v) is 3.32. The number of hydrogen-bond acceptors (Lipinski definition) is 2. The summed E-state index contributed by atoms with van der Waals surface area (Å²) in [5.74, 6) is -0.298. The van der Waals surface area contributed by atoms with E-state index >= 15 is 0 Å². The second-order valence-electron chi connectivity index (χ2n) is 6.74. The molecule has 0 aliphatic rings. The van der Waals surface area contributed by atoms with Crippen LogP contribution in [0.1, 0.15) is 35.7 Å². The van der Waals surface area contributed by atoms with Gasteiger partial charge in [0.25, 0.3) is 11.5 Å². The van der Waals surface area contributed by atoms with E-state index in [1.807, 2.05) is 55.6 Å². The monoisotopic (exact) mass is 394 g/mol. The Bertz CT molecular complexity index is 1060. The first-order valence-electron chi connectivity index (χ1n) is 9.37. The van der Waals surface area contributed by atoms with Gasteiger partial charge in [-0.05, 0) is 37.1 Å². The number of carbonyl (C=O) groups excluding carboxylic acids is 1. The van der Waals surface area contributed by atoms with Crippen molar-refractivity contribution < 1.29 is 4.79 Å². The van der Waals surface area contributed by atoms with Crippen molar-refractivity contribution in [3.05, 3.63) is 87.3 Å². The van der Waals surface area contributed by atoms with E-state index in [-0.39, 0.29) is 17.2 Å². The number of nitrogens with one attached hydrogen (secondary N) is 1. The van der Waals surface area contributed by atoms with Gasteiger partial charge in [-0.25, -0.2) is 0 Å². The molecule has 0 fully saturated rings. The Morgan fingerprint density at radius 3 is 2.54 bits per heavy atom. The summed E-state index contributed by atoms with van der Waals surface area (Å²) in [7, 11) is 0. The molecule has 3 rings (SSSR count). The first-order chi connectivity index (χ1) is 13.5. The number of carbonyl (C=O) groups is 1. The molecule has 0 aliphatic heterocycles. The molecule has 1 aromatic heterocycles. The van der Waals surface area contributed by atoms with Crippen molar-refractivity contribution in [3.8, 4) is 11.1 Å². The fourth-order valence-electron chi connectivity index (χ4n) is 3.08. The van der Waals surface area contributed by atoms with Gasteiger partial charge in [0.1, 0.15) is 5.69 Å². The van der Waals surface area contributed by atoms with E-state index in [0.29, 0.717) is 17.1 Å². The van der Waals surface area contributed by atoms with Gasteiger partial charge in [0.15, 0.2) is 0 Å². The molecular formula is C23H23ClN2O2. The molecule has 28 heavy (non-hydrogen) atoms. The van der Waals surface area contributed by atoms with Crippen LogP contribution in [-0.2, 0) is 6.54 Å². The lowest BCUT2D eigenvalue weighted by Crippen LogP contribution is -2.26. The summed E-state index contributed by atoms with van der Waals surface area (Å²) in [6, 6.07) is 16.5. The molecule has 3 aromatic rings. The summed E-state index contributed by atoms with van der Waals surface area (Å²) < 4.78 is 1.65. The third-order valence-electron chi connectivity index (χ3n) is 4.66. The standard InChI is InChI=1S/C23H23ClN2O2/c1-3-4-13-26-15-17(19-11-7-8-12-20(19)24)14-21(23(26)28)25-22(27)18-10-6-5-9-16(18)2/h5-12,14-15H,3-4,13H2,1-2H3,(H,25,27). The molecule has 0 aliphatic carbocycles. The van der Waals surface area contributed by atoms with Crippen LogP contribution >= 0.6 is 11.6 Å². The third kappa shape index (κ3) is 4.34. The van der Waals surface area contributed by atoms with E-state index in [4.69, 9.17) is 11.6 Å². The van der Waals surface area contributed by atoms with Crippen LogP contribution in [0.2, 0.25) is 5.02 Å². The zero-order valence-electron chi connectivity index (χ0n) is 16.0. The Labute approximate surface area is 169 Å². The number of nitrogens with zero attached hydrogens (tertiary/aromatic N) is 1. The summed E-state index contributed by atoms with van der Waals surface area (Å²) >= 11 is 6.36. The van der Waals surface area contributed by atoms with Crippen molar-refractivity contribution in [3.63, 3.8) is 0 Å². The molecule has 0 atom stereocenters. The zero-order chi connectivity index (χ0) is 20.1. The molecule has 1 heterocycles. The molecule has 0 saturated carbocycles. The van der Waals surface area contributed by atoms with Crippen LogP contribution in [0.3, 0.4) is 0 Å². The number of amides is 1. The molecule has 0 saturated heterocycles. The molecule has 144 valence electrons. The van der Waals surface area contributed by atoms with Crippen LogP contribution in [0, 0.1) is 6.92 Å². The van der Waals surface area contributed by atoms with E-state index in [2.05, 4.69) is 12.2 Å². The SMILES string of the molecule is CCCCn1cc(-c2ccccc2Cl)cc(NC(=O)c2ccccc2C)c1=O. The summed E-state index contributed by atoms with van der Waals surface area (Å²) in [6.07, 6.45) is 3.65. The highest BCUT2D eigenvalue weighted by molar-refractivity contribution is 6.33. The Kier molecular flexibility index (Phi) is 6.32. The molecule has 0 unspecified atom stereocenters. The largest absolute Gasteiger partial charge is 0.317 e. The highest BCUT2D eigenvalue weighted by atomic mass is 35.5. The average Bonchev–Trinajstić information content (AvgIpc) is 2.69. The van der Waals surface area contributed by atoms with Crippen molar-refractivity contribution in [2.75, 3.05) is 5.32 Å². The number of rotatable bonds is 6. The van der Waals surface area contributed by atoms with Crippen LogP contribution < -0.4 is 10.9 Å². The van der Waals surface area contributed by atoms with E-state index in [0.717, 1.165) is 29.5 Å². The molecule has 0 bridgehead atoms. The maximum Gasteiger partial charge on any atom is 0.274 e. The number of pyridine rings is 1. The lowest BCUT2D eigenvalue weighted by molar-refractivity contribution is 0.102. The van der Waals surface area contributed by atoms with Crippen LogP contribution in [0.25, 0.3) is 11.1 Å². The third-order valence-corrected chi connectivity index (χ3v) is 4.99. The highest BCUT2D eigenvalue weighted by Crippen LogP contribution is 2.28. The Morgan fingerprint density at radius 2 is 1.82 bits per heavy atom. The van der Waals surface area contributed by atoms with Gasteiger partial charge in [-0.15, -0.1) is 0 Å². The Balaban J connectivity index is 2.05. The summed E-state index contributed by atoms with van der Waals surface area (Å²) in [6.45, 7) is 4.53. The molecule has 2 aromatic carbocycles. The Hall–Kier alpha value is -2.85. The van der Waals surface area contributed by atoms with E-state index < -0.39 is 0 Å². The summed E-state index contributed by atoms with van der Waals surface area (Å²) in [5, 5.41) is 3.40. The van der Waals surface area contributed by atoms with Gasteiger partial charge in [-0.3, -0.25) is 9.59 Å². The minimum Gasteiger partial charge on any atom is -0.317 e. The average molecular weight is 395 g/mol. The number of unbranched alkanes of at least 4 members (excludes halogenated alkanes) is 1. The van der Waals surface area contributed by atoms with Crippen molar-refractivity contribution in [1.82, 2.24) is 4.57 Å². The molecular weight excluding hydrogens is 372 g/mol. The second kappa shape index (κ2) is 8.89. The van der Waals surface area contributed by atoms with Crippen LogP contribution in [0.15, 0.2) is 65.6 Å². The highest BCUT2D eigenvalue weighted by Gasteiger charge is 2.14. The van der Waals surface area contributed by atoms with E-state index in [1.165, 1.54) is 0 Å². The molecule has 1 amide bonds. The Morgan fingerprint density at radius 1 is 1.11 bits per heavy atom. The van der Waals surface area contributed by atoms with Crippen LogP contribution in [0.5, 0.6) is 0 Å². The molecule has 0 radical (unpaired) electrons. The predicted octanol–water partition coefficient (Wildman–Crippen LogP) is 5.53. The number of benzene rings is 2. The summed E-state index contributed by atoms with van der Waals surface area (Å²) in [5.41, 5.74) is 3.05. The zero-order valence-corrected chi connectivity index (χ0v) is 16.8. The van der Waals surface area contributed by atoms with E-state index in [1.54, 1.807) is 16.7 Å². The number of aromatic nitrogens is 1. The van der Waals surface area contributed by atoms with Gasteiger partial charge in [0.05, 0.1) is 0 Å². The number of aryl methyl sites for hydroxylation is 2. The van der Waals surface area contributed by atoms with E-state index in [9.17, 15) is 9.59 Å².